The number of nitrogens with zero attached hydrogens (tertiary/aromatic N) is 2. The second-order valence-electron chi connectivity index (χ2n) is 4.64. The molecule has 0 fully saturated rings. The van der Waals surface area contributed by atoms with Gasteiger partial charge >= 0.3 is 12.6 Å². The molecule has 0 amide bonds. The number of anilines is 1. The Morgan fingerprint density at radius 2 is 2.26 bits per heavy atom. The van der Waals surface area contributed by atoms with Gasteiger partial charge in [0, 0.05) is 24.5 Å². The second kappa shape index (κ2) is 7.35. The molecule has 0 saturated carbocycles. The molecule has 1 aromatic heterocycles. The van der Waals surface area contributed by atoms with Gasteiger partial charge in [-0.1, -0.05) is 0 Å². The SMILES string of the molecule is N#Cc1cnc2ccc(OC(F)F)cc2c1NCCCC(=O)O. The van der Waals surface area contributed by atoms with Crippen molar-refractivity contribution in [3.05, 3.63) is 30.0 Å². The molecule has 120 valence electrons. The van der Waals surface area contributed by atoms with Gasteiger partial charge < -0.3 is 15.2 Å². The third-order valence-electron chi connectivity index (χ3n) is 3.05. The summed E-state index contributed by atoms with van der Waals surface area (Å²) < 4.78 is 29.0. The minimum Gasteiger partial charge on any atom is -0.481 e. The largest absolute Gasteiger partial charge is 0.481 e. The number of ether oxygens (including phenoxy) is 1. The highest BCUT2D eigenvalue weighted by Gasteiger charge is 2.11. The van der Waals surface area contributed by atoms with Crippen LogP contribution in [0.4, 0.5) is 14.5 Å². The highest BCUT2D eigenvalue weighted by molar-refractivity contribution is 5.94. The van der Waals surface area contributed by atoms with Gasteiger partial charge in [0.05, 0.1) is 16.8 Å². The summed E-state index contributed by atoms with van der Waals surface area (Å²) in [5.41, 5.74) is 1.16. The van der Waals surface area contributed by atoms with Crippen LogP contribution >= 0.6 is 0 Å². The maximum absolute atomic E-state index is 12.3. The number of carbonyl (C=O) groups is 1. The molecule has 0 atom stereocenters. The first kappa shape index (κ1) is 16.4. The number of hydrogen-bond donors (Lipinski definition) is 2. The van der Waals surface area contributed by atoms with E-state index in [2.05, 4.69) is 15.0 Å². The molecule has 8 heteroatoms. The van der Waals surface area contributed by atoms with Gasteiger partial charge in [-0.15, -0.1) is 0 Å². The van der Waals surface area contributed by atoms with E-state index < -0.39 is 12.6 Å². The molecule has 0 aliphatic carbocycles. The van der Waals surface area contributed by atoms with Crippen LogP contribution in [-0.4, -0.2) is 29.2 Å². The van der Waals surface area contributed by atoms with Gasteiger partial charge in [-0.05, 0) is 24.6 Å². The Morgan fingerprint density at radius 1 is 1.48 bits per heavy atom. The van der Waals surface area contributed by atoms with Gasteiger partial charge in [0.15, 0.2) is 0 Å². The molecular weight excluding hydrogens is 308 g/mol. The Bertz CT molecular complexity index is 759. The van der Waals surface area contributed by atoms with Crippen LogP contribution in [0.2, 0.25) is 0 Å². The van der Waals surface area contributed by atoms with Gasteiger partial charge in [-0.25, -0.2) is 0 Å². The van der Waals surface area contributed by atoms with Crippen molar-refractivity contribution in [2.45, 2.75) is 19.5 Å². The summed E-state index contributed by atoms with van der Waals surface area (Å²) in [7, 11) is 0. The highest BCUT2D eigenvalue weighted by Crippen LogP contribution is 2.29. The molecule has 2 aromatic rings. The second-order valence-corrected chi connectivity index (χ2v) is 4.64. The number of rotatable bonds is 7. The molecule has 0 bridgehead atoms. The molecule has 0 aliphatic heterocycles. The Hall–Kier alpha value is -2.95. The first-order valence-electron chi connectivity index (χ1n) is 6.74. The number of nitriles is 1. The fourth-order valence-electron chi connectivity index (χ4n) is 2.08. The standard InChI is InChI=1S/C15H13F2N3O3/c16-15(17)23-10-3-4-12-11(6-10)14(9(7-18)8-20-12)19-5-1-2-13(21)22/h3-4,6,8,15H,1-2,5H2,(H,19,20)(H,21,22). The van der Waals surface area contributed by atoms with Crippen LogP contribution in [-0.2, 0) is 4.79 Å². The Morgan fingerprint density at radius 3 is 2.91 bits per heavy atom. The maximum atomic E-state index is 12.3. The smallest absolute Gasteiger partial charge is 0.387 e. The molecular formula is C15H13F2N3O3. The number of pyridine rings is 1. The zero-order valence-electron chi connectivity index (χ0n) is 11.9. The van der Waals surface area contributed by atoms with Crippen LogP contribution in [0.5, 0.6) is 5.75 Å². The number of benzene rings is 1. The maximum Gasteiger partial charge on any atom is 0.387 e. The molecule has 0 saturated heterocycles. The van der Waals surface area contributed by atoms with Crippen LogP contribution in [0, 0.1) is 11.3 Å². The lowest BCUT2D eigenvalue weighted by Crippen LogP contribution is -2.07. The number of alkyl halides is 2. The average Bonchev–Trinajstić information content (AvgIpc) is 2.50. The van der Waals surface area contributed by atoms with Gasteiger partial charge in [0.1, 0.15) is 11.8 Å². The molecule has 0 aliphatic rings. The summed E-state index contributed by atoms with van der Waals surface area (Å²) in [5.74, 6) is -0.961. The van der Waals surface area contributed by atoms with E-state index >= 15 is 0 Å². The zero-order chi connectivity index (χ0) is 16.8. The van der Waals surface area contributed by atoms with Crippen LogP contribution in [0.25, 0.3) is 10.9 Å². The van der Waals surface area contributed by atoms with E-state index in [4.69, 9.17) is 10.4 Å². The summed E-state index contributed by atoms with van der Waals surface area (Å²) in [5, 5.41) is 21.2. The van der Waals surface area contributed by atoms with E-state index in [1.54, 1.807) is 0 Å². The molecule has 2 rings (SSSR count). The topological polar surface area (TPSA) is 95.2 Å². The van der Waals surface area contributed by atoms with Crippen molar-refractivity contribution < 1.29 is 23.4 Å². The van der Waals surface area contributed by atoms with E-state index in [1.807, 2.05) is 6.07 Å². The minimum absolute atomic E-state index is 0.0162. The number of fused-ring (bicyclic) bond motifs is 1. The first-order chi connectivity index (χ1) is 11.0. The van der Waals surface area contributed by atoms with Gasteiger partial charge in [0.25, 0.3) is 0 Å². The van der Waals surface area contributed by atoms with Crippen molar-refractivity contribution >= 4 is 22.6 Å². The molecule has 6 nitrogen and oxygen atoms in total. The van der Waals surface area contributed by atoms with Crippen LogP contribution in [0.3, 0.4) is 0 Å². The van der Waals surface area contributed by atoms with Gasteiger partial charge in [-0.3, -0.25) is 9.78 Å². The fourth-order valence-corrected chi connectivity index (χ4v) is 2.08. The Balaban J connectivity index is 2.33. The van der Waals surface area contributed by atoms with Crippen molar-refractivity contribution in [2.24, 2.45) is 0 Å². The molecule has 23 heavy (non-hydrogen) atoms. The number of halogens is 2. The average molecular weight is 321 g/mol. The van der Waals surface area contributed by atoms with Gasteiger partial charge in [-0.2, -0.15) is 14.0 Å². The summed E-state index contributed by atoms with van der Waals surface area (Å²) in [4.78, 5) is 14.6. The number of aliphatic carboxylic acids is 1. The van der Waals surface area contributed by atoms with Crippen molar-refractivity contribution in [1.29, 1.82) is 5.26 Å². The third-order valence-corrected chi connectivity index (χ3v) is 3.05. The lowest BCUT2D eigenvalue weighted by Gasteiger charge is -2.12. The van der Waals surface area contributed by atoms with Gasteiger partial charge in [0.2, 0.25) is 0 Å². The summed E-state index contributed by atoms with van der Waals surface area (Å²) >= 11 is 0. The number of aromatic nitrogens is 1. The summed E-state index contributed by atoms with van der Waals surface area (Å²) in [6, 6.07) is 6.21. The molecule has 1 aromatic carbocycles. The van der Waals surface area contributed by atoms with Crippen LogP contribution < -0.4 is 10.1 Å². The van der Waals surface area contributed by atoms with E-state index in [0.29, 0.717) is 29.6 Å². The zero-order valence-corrected chi connectivity index (χ0v) is 11.9. The lowest BCUT2D eigenvalue weighted by molar-refractivity contribution is -0.137. The Labute approximate surface area is 130 Å². The monoisotopic (exact) mass is 321 g/mol. The summed E-state index contributed by atoms with van der Waals surface area (Å²) in [6.07, 6.45) is 1.71. The third kappa shape index (κ3) is 4.26. The van der Waals surface area contributed by atoms with Crippen molar-refractivity contribution in [2.75, 3.05) is 11.9 Å². The quantitative estimate of drug-likeness (QED) is 0.761. The highest BCUT2D eigenvalue weighted by atomic mass is 19.3. The molecule has 0 unspecified atom stereocenters. The van der Waals surface area contributed by atoms with E-state index in [0.717, 1.165) is 0 Å². The van der Waals surface area contributed by atoms with E-state index in [-0.39, 0.29) is 17.7 Å². The normalized spacial score (nSPS) is 10.5. The van der Waals surface area contributed by atoms with Crippen LogP contribution in [0.1, 0.15) is 18.4 Å². The molecule has 1 heterocycles. The van der Waals surface area contributed by atoms with E-state index in [9.17, 15) is 13.6 Å². The molecule has 0 radical (unpaired) electrons. The number of nitrogens with one attached hydrogen (secondary N) is 1. The fraction of sp³-hybridized carbons (Fsp3) is 0.267. The van der Waals surface area contributed by atoms with Crippen molar-refractivity contribution in [1.82, 2.24) is 4.98 Å². The predicted molar refractivity (Wildman–Crippen MR) is 78.4 cm³/mol. The molecule has 2 N–H and O–H groups in total. The minimum atomic E-state index is -2.95. The summed E-state index contributed by atoms with van der Waals surface area (Å²) in [6.45, 7) is -2.63. The van der Waals surface area contributed by atoms with Crippen molar-refractivity contribution in [3.8, 4) is 11.8 Å². The number of carboxylic acid groups (broad SMARTS) is 1. The number of carboxylic acids is 1. The van der Waals surface area contributed by atoms with Crippen molar-refractivity contribution in [3.63, 3.8) is 0 Å². The Kier molecular flexibility index (Phi) is 5.25. The van der Waals surface area contributed by atoms with E-state index in [1.165, 1.54) is 24.4 Å². The first-order valence-corrected chi connectivity index (χ1v) is 6.74. The number of hydrogen-bond acceptors (Lipinski definition) is 5. The molecule has 0 spiro atoms. The predicted octanol–water partition coefficient (Wildman–Crippen LogP) is 2.98. The van der Waals surface area contributed by atoms with Crippen LogP contribution in [0.15, 0.2) is 24.4 Å². The lowest BCUT2D eigenvalue weighted by atomic mass is 10.1.